The predicted octanol–water partition coefficient (Wildman–Crippen LogP) is 2.29. The van der Waals surface area contributed by atoms with Gasteiger partial charge in [0.25, 0.3) is 5.91 Å². The average Bonchev–Trinajstić information content (AvgIpc) is 2.28. The zero-order valence-corrected chi connectivity index (χ0v) is 11.9. The molecular weight excluding hydrogens is 333 g/mol. The molecule has 0 heterocycles. The van der Waals surface area contributed by atoms with Crippen LogP contribution in [-0.2, 0) is 0 Å². The van der Waals surface area contributed by atoms with Crippen molar-refractivity contribution in [3.8, 4) is 11.5 Å². The summed E-state index contributed by atoms with van der Waals surface area (Å²) in [4.78, 5) is 11.9. The normalized spacial score (nSPS) is 12.5. The first-order chi connectivity index (χ1) is 7.95. The van der Waals surface area contributed by atoms with Gasteiger partial charge in [-0.25, -0.2) is 0 Å². The minimum atomic E-state index is -0.284. The Kier molecular flexibility index (Phi) is 5.04. The van der Waals surface area contributed by atoms with E-state index in [0.29, 0.717) is 11.5 Å². The molecule has 0 saturated heterocycles. The highest BCUT2D eigenvalue weighted by Gasteiger charge is 2.16. The number of aromatic hydroxyl groups is 2. The second-order valence-electron chi connectivity index (χ2n) is 4.18. The van der Waals surface area contributed by atoms with Gasteiger partial charge >= 0.3 is 0 Å². The van der Waals surface area contributed by atoms with E-state index < -0.39 is 0 Å². The Morgan fingerprint density at radius 3 is 2.47 bits per heavy atom. The molecule has 1 unspecified atom stereocenters. The molecular formula is C12H16INO3. The number of hydrogen-bond donors (Lipinski definition) is 3. The Morgan fingerprint density at radius 2 is 2.00 bits per heavy atom. The summed E-state index contributed by atoms with van der Waals surface area (Å²) in [5.41, 5.74) is 0.343. The maximum absolute atomic E-state index is 11.9. The van der Waals surface area contributed by atoms with Crippen molar-refractivity contribution in [2.24, 2.45) is 5.92 Å². The van der Waals surface area contributed by atoms with E-state index in [9.17, 15) is 9.90 Å². The van der Waals surface area contributed by atoms with E-state index in [1.807, 2.05) is 13.8 Å². The number of phenolic OH excluding ortho intramolecular Hbond substituents is 2. The van der Waals surface area contributed by atoms with Crippen molar-refractivity contribution in [3.05, 3.63) is 23.8 Å². The molecule has 0 saturated carbocycles. The first kappa shape index (κ1) is 14.1. The van der Waals surface area contributed by atoms with Gasteiger partial charge in [0.2, 0.25) is 0 Å². The standard InChI is InChI=1S/C12H16INO3/c1-7(2)9(6-13)14-12(17)8-3-4-10(15)11(16)5-8/h3-5,7,9,15-16H,6H2,1-2H3,(H,14,17). The summed E-state index contributed by atoms with van der Waals surface area (Å²) >= 11 is 2.23. The van der Waals surface area contributed by atoms with Crippen LogP contribution in [0.5, 0.6) is 11.5 Å². The third-order valence-electron chi connectivity index (χ3n) is 2.53. The zero-order valence-electron chi connectivity index (χ0n) is 9.77. The highest BCUT2D eigenvalue weighted by Crippen LogP contribution is 2.24. The topological polar surface area (TPSA) is 69.6 Å². The van der Waals surface area contributed by atoms with Crippen LogP contribution in [0, 0.1) is 5.92 Å². The molecule has 1 atom stereocenters. The van der Waals surface area contributed by atoms with Gasteiger partial charge in [-0.2, -0.15) is 0 Å². The summed E-state index contributed by atoms with van der Waals surface area (Å²) in [5.74, 6) is -0.402. The number of phenols is 2. The molecule has 1 aromatic carbocycles. The van der Waals surface area contributed by atoms with Crippen molar-refractivity contribution in [2.75, 3.05) is 4.43 Å². The molecule has 0 bridgehead atoms. The van der Waals surface area contributed by atoms with Crippen molar-refractivity contribution in [2.45, 2.75) is 19.9 Å². The van der Waals surface area contributed by atoms with Crippen LogP contribution in [0.2, 0.25) is 0 Å². The number of rotatable bonds is 4. The Morgan fingerprint density at radius 1 is 1.35 bits per heavy atom. The molecule has 0 spiro atoms. The number of carbonyl (C=O) groups excluding carboxylic acids is 1. The van der Waals surface area contributed by atoms with Gasteiger partial charge in [-0.05, 0) is 24.1 Å². The van der Waals surface area contributed by atoms with Gasteiger partial charge in [0.1, 0.15) is 0 Å². The lowest BCUT2D eigenvalue weighted by molar-refractivity contribution is 0.0931. The van der Waals surface area contributed by atoms with Crippen molar-refractivity contribution < 1.29 is 15.0 Å². The Labute approximate surface area is 114 Å². The van der Waals surface area contributed by atoms with Gasteiger partial charge in [-0.1, -0.05) is 36.4 Å². The minimum absolute atomic E-state index is 0.0963. The molecule has 1 rings (SSSR count). The lowest BCUT2D eigenvalue weighted by Crippen LogP contribution is -2.39. The van der Waals surface area contributed by atoms with Crippen LogP contribution < -0.4 is 5.32 Å². The lowest BCUT2D eigenvalue weighted by atomic mass is 10.1. The van der Waals surface area contributed by atoms with E-state index in [2.05, 4.69) is 27.9 Å². The second-order valence-corrected chi connectivity index (χ2v) is 5.06. The zero-order chi connectivity index (χ0) is 13.0. The first-order valence-electron chi connectivity index (χ1n) is 5.34. The number of carbonyl (C=O) groups is 1. The van der Waals surface area contributed by atoms with E-state index in [1.165, 1.54) is 18.2 Å². The molecule has 94 valence electrons. The largest absolute Gasteiger partial charge is 0.504 e. The fourth-order valence-electron chi connectivity index (χ4n) is 1.30. The minimum Gasteiger partial charge on any atom is -0.504 e. The van der Waals surface area contributed by atoms with Gasteiger partial charge in [0.15, 0.2) is 11.5 Å². The Bertz CT molecular complexity index is 407. The summed E-state index contributed by atoms with van der Waals surface area (Å²) in [6, 6.07) is 4.14. The number of halogens is 1. The molecule has 0 aliphatic heterocycles. The SMILES string of the molecule is CC(C)C(CI)NC(=O)c1ccc(O)c(O)c1. The third-order valence-corrected chi connectivity index (χ3v) is 3.47. The van der Waals surface area contributed by atoms with Gasteiger partial charge in [-0.3, -0.25) is 4.79 Å². The fraction of sp³-hybridized carbons (Fsp3) is 0.417. The summed E-state index contributed by atoms with van der Waals surface area (Å²) in [6.07, 6.45) is 0. The molecule has 1 aromatic rings. The Balaban J connectivity index is 2.79. The quantitative estimate of drug-likeness (QED) is 0.444. The smallest absolute Gasteiger partial charge is 0.251 e. The Hall–Kier alpha value is -0.980. The molecule has 0 aliphatic rings. The molecule has 0 fully saturated rings. The van der Waals surface area contributed by atoms with Gasteiger partial charge in [0.05, 0.1) is 0 Å². The van der Waals surface area contributed by atoms with Crippen LogP contribution >= 0.6 is 22.6 Å². The molecule has 17 heavy (non-hydrogen) atoms. The van der Waals surface area contributed by atoms with Gasteiger partial charge in [0, 0.05) is 16.0 Å². The van der Waals surface area contributed by atoms with Crippen LogP contribution in [-0.4, -0.2) is 26.6 Å². The average molecular weight is 349 g/mol. The molecule has 0 radical (unpaired) electrons. The van der Waals surface area contributed by atoms with Crippen molar-refractivity contribution in [1.29, 1.82) is 0 Å². The summed E-state index contributed by atoms with van der Waals surface area (Å²) in [7, 11) is 0. The van der Waals surface area contributed by atoms with Crippen molar-refractivity contribution >= 4 is 28.5 Å². The number of amides is 1. The molecule has 4 nitrogen and oxygen atoms in total. The number of alkyl halides is 1. The monoisotopic (exact) mass is 349 g/mol. The highest BCUT2D eigenvalue weighted by atomic mass is 127. The molecule has 3 N–H and O–H groups in total. The van der Waals surface area contributed by atoms with E-state index in [0.717, 1.165) is 4.43 Å². The maximum Gasteiger partial charge on any atom is 0.251 e. The molecule has 0 aliphatic carbocycles. The number of benzene rings is 1. The first-order valence-corrected chi connectivity index (χ1v) is 6.87. The van der Waals surface area contributed by atoms with E-state index >= 15 is 0 Å². The van der Waals surface area contributed by atoms with Crippen molar-refractivity contribution in [3.63, 3.8) is 0 Å². The van der Waals surface area contributed by atoms with Crippen LogP contribution in [0.3, 0.4) is 0 Å². The second kappa shape index (κ2) is 6.09. The van der Waals surface area contributed by atoms with Gasteiger partial charge < -0.3 is 15.5 Å². The van der Waals surface area contributed by atoms with Crippen LogP contribution in [0.25, 0.3) is 0 Å². The fourth-order valence-corrected chi connectivity index (χ4v) is 2.54. The van der Waals surface area contributed by atoms with Crippen LogP contribution in [0.1, 0.15) is 24.2 Å². The summed E-state index contributed by atoms with van der Waals surface area (Å²) < 4.78 is 0.825. The summed E-state index contributed by atoms with van der Waals surface area (Å²) in [6.45, 7) is 4.08. The van der Waals surface area contributed by atoms with Crippen LogP contribution in [0.15, 0.2) is 18.2 Å². The predicted molar refractivity (Wildman–Crippen MR) is 74.8 cm³/mol. The van der Waals surface area contributed by atoms with Crippen molar-refractivity contribution in [1.82, 2.24) is 5.32 Å². The lowest BCUT2D eigenvalue weighted by Gasteiger charge is -2.20. The molecule has 0 aromatic heterocycles. The van der Waals surface area contributed by atoms with E-state index in [1.54, 1.807) is 0 Å². The number of nitrogens with one attached hydrogen (secondary N) is 1. The van der Waals surface area contributed by atoms with Crippen LogP contribution in [0.4, 0.5) is 0 Å². The summed E-state index contributed by atoms with van der Waals surface area (Å²) in [5, 5.41) is 21.4. The van der Waals surface area contributed by atoms with E-state index in [-0.39, 0.29) is 23.4 Å². The van der Waals surface area contributed by atoms with Gasteiger partial charge in [-0.15, -0.1) is 0 Å². The maximum atomic E-state index is 11.9. The molecule has 5 heteroatoms. The third kappa shape index (κ3) is 3.76. The highest BCUT2D eigenvalue weighted by molar-refractivity contribution is 14.1. The molecule has 1 amide bonds. The number of hydrogen-bond acceptors (Lipinski definition) is 3. The van der Waals surface area contributed by atoms with E-state index in [4.69, 9.17) is 5.11 Å².